The fourth-order valence-corrected chi connectivity index (χ4v) is 2.01. The predicted molar refractivity (Wildman–Crippen MR) is 62.6 cm³/mol. The molecule has 0 bridgehead atoms. The Morgan fingerprint density at radius 1 is 1.07 bits per heavy atom. The van der Waals surface area contributed by atoms with Gasteiger partial charge in [-0.25, -0.2) is 0 Å². The summed E-state index contributed by atoms with van der Waals surface area (Å²) in [5.41, 5.74) is 12.9. The molecule has 1 unspecified atom stereocenters. The average Bonchev–Trinajstić information content (AvgIpc) is 2.15. The first-order chi connectivity index (χ1) is 6.49. The molecule has 0 aliphatic rings. The SMILES string of the molecule is CCC(N)c1c(C)c(C)cc(C)c1C. The van der Waals surface area contributed by atoms with Gasteiger partial charge in [0, 0.05) is 6.04 Å². The molecule has 0 aliphatic carbocycles. The second-order valence-electron chi connectivity index (χ2n) is 4.19. The van der Waals surface area contributed by atoms with Crippen LogP contribution < -0.4 is 5.73 Å². The molecule has 1 heteroatoms. The maximum absolute atomic E-state index is 6.13. The highest BCUT2D eigenvalue weighted by atomic mass is 14.6. The van der Waals surface area contributed by atoms with Crippen LogP contribution in [0.2, 0.25) is 0 Å². The summed E-state index contributed by atoms with van der Waals surface area (Å²) < 4.78 is 0. The lowest BCUT2D eigenvalue weighted by Gasteiger charge is -2.19. The van der Waals surface area contributed by atoms with E-state index in [1.54, 1.807) is 0 Å². The monoisotopic (exact) mass is 191 g/mol. The number of hydrogen-bond acceptors (Lipinski definition) is 1. The van der Waals surface area contributed by atoms with E-state index < -0.39 is 0 Å². The van der Waals surface area contributed by atoms with Gasteiger partial charge in [0.1, 0.15) is 0 Å². The Balaban J connectivity index is 3.39. The average molecular weight is 191 g/mol. The molecule has 0 saturated carbocycles. The Labute approximate surface area is 87.3 Å². The lowest BCUT2D eigenvalue weighted by atomic mass is 9.89. The molecule has 14 heavy (non-hydrogen) atoms. The van der Waals surface area contributed by atoms with Crippen LogP contribution in [0.15, 0.2) is 6.07 Å². The van der Waals surface area contributed by atoms with Crippen molar-refractivity contribution in [2.45, 2.75) is 47.1 Å². The van der Waals surface area contributed by atoms with Crippen molar-refractivity contribution in [1.82, 2.24) is 0 Å². The van der Waals surface area contributed by atoms with E-state index in [2.05, 4.69) is 40.7 Å². The molecule has 0 spiro atoms. The van der Waals surface area contributed by atoms with Crippen LogP contribution in [0, 0.1) is 27.7 Å². The van der Waals surface area contributed by atoms with Gasteiger partial charge in [0.15, 0.2) is 0 Å². The van der Waals surface area contributed by atoms with E-state index in [4.69, 9.17) is 5.73 Å². The zero-order valence-corrected chi connectivity index (χ0v) is 9.94. The summed E-state index contributed by atoms with van der Waals surface area (Å²) in [5.74, 6) is 0. The molecule has 0 amide bonds. The topological polar surface area (TPSA) is 26.0 Å². The van der Waals surface area contributed by atoms with Gasteiger partial charge in [-0.2, -0.15) is 0 Å². The lowest BCUT2D eigenvalue weighted by Crippen LogP contribution is -2.13. The summed E-state index contributed by atoms with van der Waals surface area (Å²) in [4.78, 5) is 0. The fourth-order valence-electron chi connectivity index (χ4n) is 2.01. The molecule has 0 aliphatic heterocycles. The van der Waals surface area contributed by atoms with Gasteiger partial charge in [-0.1, -0.05) is 13.0 Å². The smallest absolute Gasteiger partial charge is 0.0297 e. The Hall–Kier alpha value is -0.820. The summed E-state index contributed by atoms with van der Waals surface area (Å²) >= 11 is 0. The van der Waals surface area contributed by atoms with Crippen LogP contribution in [0.4, 0.5) is 0 Å². The number of benzene rings is 1. The van der Waals surface area contributed by atoms with Gasteiger partial charge in [0.2, 0.25) is 0 Å². The van der Waals surface area contributed by atoms with Gasteiger partial charge >= 0.3 is 0 Å². The van der Waals surface area contributed by atoms with E-state index in [-0.39, 0.29) is 6.04 Å². The van der Waals surface area contributed by atoms with Crippen molar-refractivity contribution in [3.63, 3.8) is 0 Å². The van der Waals surface area contributed by atoms with Gasteiger partial charge in [-0.15, -0.1) is 0 Å². The van der Waals surface area contributed by atoms with Crippen molar-refractivity contribution < 1.29 is 0 Å². The minimum Gasteiger partial charge on any atom is -0.324 e. The number of aryl methyl sites for hydroxylation is 2. The molecule has 0 fully saturated rings. The van der Waals surface area contributed by atoms with Gasteiger partial charge in [-0.05, 0) is 61.9 Å². The molecule has 0 saturated heterocycles. The number of nitrogens with two attached hydrogens (primary N) is 1. The van der Waals surface area contributed by atoms with Crippen LogP contribution in [0.5, 0.6) is 0 Å². The maximum Gasteiger partial charge on any atom is 0.0297 e. The highest BCUT2D eigenvalue weighted by molar-refractivity contribution is 5.45. The zero-order valence-electron chi connectivity index (χ0n) is 9.94. The number of hydrogen-bond donors (Lipinski definition) is 1. The molecule has 1 nitrogen and oxygen atoms in total. The molecule has 1 aromatic carbocycles. The van der Waals surface area contributed by atoms with Crippen LogP contribution >= 0.6 is 0 Å². The van der Waals surface area contributed by atoms with E-state index in [0.29, 0.717) is 0 Å². The minimum atomic E-state index is 0.189. The second-order valence-corrected chi connectivity index (χ2v) is 4.19. The van der Waals surface area contributed by atoms with Gasteiger partial charge < -0.3 is 5.73 Å². The summed E-state index contributed by atoms with van der Waals surface area (Å²) in [6.07, 6.45) is 1.00. The van der Waals surface area contributed by atoms with Crippen LogP contribution in [0.25, 0.3) is 0 Å². The summed E-state index contributed by atoms with van der Waals surface area (Å²) in [7, 11) is 0. The minimum absolute atomic E-state index is 0.189. The summed E-state index contributed by atoms with van der Waals surface area (Å²) in [6, 6.07) is 2.44. The van der Waals surface area contributed by atoms with Crippen LogP contribution in [0.1, 0.15) is 47.2 Å². The summed E-state index contributed by atoms with van der Waals surface area (Å²) in [5, 5.41) is 0. The van der Waals surface area contributed by atoms with Crippen LogP contribution in [-0.4, -0.2) is 0 Å². The molecule has 0 aromatic heterocycles. The van der Waals surface area contributed by atoms with E-state index in [0.717, 1.165) is 6.42 Å². The van der Waals surface area contributed by atoms with E-state index >= 15 is 0 Å². The third-order valence-electron chi connectivity index (χ3n) is 3.23. The standard InChI is InChI=1S/C13H21N/c1-6-12(14)13-10(4)8(2)7-9(3)11(13)5/h7,12H,6,14H2,1-5H3. The first kappa shape index (κ1) is 11.3. The molecule has 0 heterocycles. The lowest BCUT2D eigenvalue weighted by molar-refractivity contribution is 0.687. The molecule has 2 N–H and O–H groups in total. The Bertz CT molecular complexity index is 313. The van der Waals surface area contributed by atoms with Gasteiger partial charge in [-0.3, -0.25) is 0 Å². The molecule has 1 atom stereocenters. The first-order valence-corrected chi connectivity index (χ1v) is 5.31. The van der Waals surface area contributed by atoms with E-state index in [1.165, 1.54) is 27.8 Å². The third kappa shape index (κ3) is 1.83. The second kappa shape index (κ2) is 4.14. The molecule has 1 rings (SSSR count). The normalized spacial score (nSPS) is 13.0. The van der Waals surface area contributed by atoms with Crippen molar-refractivity contribution in [3.8, 4) is 0 Å². The van der Waals surface area contributed by atoms with E-state index in [1.807, 2.05) is 0 Å². The molecule has 1 aromatic rings. The van der Waals surface area contributed by atoms with Crippen molar-refractivity contribution in [2.24, 2.45) is 5.73 Å². The Morgan fingerprint density at radius 2 is 1.50 bits per heavy atom. The maximum atomic E-state index is 6.13. The highest BCUT2D eigenvalue weighted by Crippen LogP contribution is 2.27. The fraction of sp³-hybridized carbons (Fsp3) is 0.538. The van der Waals surface area contributed by atoms with Crippen molar-refractivity contribution in [3.05, 3.63) is 33.9 Å². The largest absolute Gasteiger partial charge is 0.324 e. The van der Waals surface area contributed by atoms with Crippen molar-refractivity contribution in [2.75, 3.05) is 0 Å². The van der Waals surface area contributed by atoms with Crippen LogP contribution in [-0.2, 0) is 0 Å². The Kier molecular flexibility index (Phi) is 3.33. The predicted octanol–water partition coefficient (Wildman–Crippen LogP) is 3.33. The van der Waals surface area contributed by atoms with Crippen molar-refractivity contribution in [1.29, 1.82) is 0 Å². The first-order valence-electron chi connectivity index (χ1n) is 5.31. The molecule has 0 radical (unpaired) electrons. The molecular weight excluding hydrogens is 170 g/mol. The van der Waals surface area contributed by atoms with Crippen molar-refractivity contribution >= 4 is 0 Å². The summed E-state index contributed by atoms with van der Waals surface area (Å²) in [6.45, 7) is 10.8. The number of rotatable bonds is 2. The van der Waals surface area contributed by atoms with E-state index in [9.17, 15) is 0 Å². The van der Waals surface area contributed by atoms with Crippen LogP contribution in [0.3, 0.4) is 0 Å². The zero-order chi connectivity index (χ0) is 10.9. The third-order valence-corrected chi connectivity index (χ3v) is 3.23. The highest BCUT2D eigenvalue weighted by Gasteiger charge is 2.13. The van der Waals surface area contributed by atoms with Gasteiger partial charge in [0.25, 0.3) is 0 Å². The quantitative estimate of drug-likeness (QED) is 0.762. The van der Waals surface area contributed by atoms with Gasteiger partial charge in [0.05, 0.1) is 0 Å². The molecular formula is C13H21N. The Morgan fingerprint density at radius 3 is 1.86 bits per heavy atom. The molecule has 78 valence electrons.